The number of nitrogens with one attached hydrogen (secondary N) is 3. The number of benzene rings is 1. The van der Waals surface area contributed by atoms with Crippen LogP contribution in [0.15, 0.2) is 24.3 Å². The first kappa shape index (κ1) is 27.0. The van der Waals surface area contributed by atoms with E-state index in [0.29, 0.717) is 37.4 Å². The molecule has 0 bridgehead atoms. The highest BCUT2D eigenvalue weighted by molar-refractivity contribution is 6.01. The molecule has 1 aliphatic carbocycles. The Hall–Kier alpha value is -3.56. The van der Waals surface area contributed by atoms with E-state index in [1.165, 1.54) is 7.11 Å². The molecule has 2 aliphatic heterocycles. The lowest BCUT2D eigenvalue weighted by atomic mass is 9.72. The molecule has 2 aromatic rings. The van der Waals surface area contributed by atoms with E-state index in [9.17, 15) is 19.2 Å². The number of H-pyrrole nitrogens is 1. The van der Waals surface area contributed by atoms with Crippen molar-refractivity contribution >= 4 is 34.6 Å². The van der Waals surface area contributed by atoms with Crippen molar-refractivity contribution in [2.45, 2.75) is 69.9 Å². The highest BCUT2D eigenvalue weighted by Gasteiger charge is 2.49. The largest absolute Gasteiger partial charge is 0.497 e. The van der Waals surface area contributed by atoms with Crippen LogP contribution >= 0.6 is 0 Å². The van der Waals surface area contributed by atoms with Gasteiger partial charge in [0.1, 0.15) is 23.5 Å². The molecule has 210 valence electrons. The molecule has 5 rings (SSSR count). The molecule has 0 radical (unpaired) electrons. The number of methoxy groups -OCH3 is 2. The van der Waals surface area contributed by atoms with E-state index >= 15 is 0 Å². The maximum absolute atomic E-state index is 13.9. The molecule has 3 aliphatic rings. The third kappa shape index (κ3) is 5.60. The van der Waals surface area contributed by atoms with Crippen LogP contribution in [0.2, 0.25) is 0 Å². The quantitative estimate of drug-likeness (QED) is 0.465. The first-order valence-corrected chi connectivity index (χ1v) is 14.0. The van der Waals surface area contributed by atoms with Crippen LogP contribution in [-0.2, 0) is 19.1 Å². The summed E-state index contributed by atoms with van der Waals surface area (Å²) in [7, 11) is 2.87. The molecule has 10 nitrogen and oxygen atoms in total. The van der Waals surface area contributed by atoms with Gasteiger partial charge in [0.25, 0.3) is 5.91 Å². The fraction of sp³-hybridized carbons (Fsp3) is 0.586. The molecule has 1 spiro atoms. The van der Waals surface area contributed by atoms with Gasteiger partial charge < -0.3 is 30.0 Å². The normalized spacial score (nSPS) is 23.3. The first-order chi connectivity index (χ1) is 18.8. The number of esters is 1. The number of nitrogens with zero attached hydrogens (tertiary/aromatic N) is 1. The van der Waals surface area contributed by atoms with Crippen molar-refractivity contribution in [3.05, 3.63) is 30.0 Å². The number of hydrogen-bond acceptors (Lipinski definition) is 6. The van der Waals surface area contributed by atoms with Crippen molar-refractivity contribution in [2.75, 3.05) is 27.3 Å². The predicted molar refractivity (Wildman–Crippen MR) is 144 cm³/mol. The molecule has 1 aromatic heterocycles. The number of aromatic amines is 1. The Morgan fingerprint density at radius 1 is 1.13 bits per heavy atom. The SMILES string of the molecule is COC(=O)C(C[C@@H]1CCCNC1=O)NC(=O)[C@@H]1CC2(CCCCC2)CN1C(=O)c1cc2cc(OC)ccc2[nH]1. The monoisotopic (exact) mass is 538 g/mol. The molecular formula is C29H38N4O6. The average Bonchev–Trinajstić information content (AvgIpc) is 3.55. The molecule has 1 aromatic carbocycles. The lowest BCUT2D eigenvalue weighted by Crippen LogP contribution is -2.52. The number of carbonyl (C=O) groups excluding carboxylic acids is 4. The van der Waals surface area contributed by atoms with Gasteiger partial charge in [0.2, 0.25) is 11.8 Å². The Balaban J connectivity index is 1.39. The molecule has 3 heterocycles. The fourth-order valence-corrected chi connectivity index (χ4v) is 6.64. The van der Waals surface area contributed by atoms with Crippen molar-refractivity contribution in [1.29, 1.82) is 0 Å². The third-order valence-electron chi connectivity index (χ3n) is 8.77. The molecule has 10 heteroatoms. The van der Waals surface area contributed by atoms with E-state index in [1.807, 2.05) is 18.2 Å². The Kier molecular flexibility index (Phi) is 7.81. The van der Waals surface area contributed by atoms with Crippen LogP contribution < -0.4 is 15.4 Å². The van der Waals surface area contributed by atoms with Crippen molar-refractivity contribution in [3.8, 4) is 5.75 Å². The second-order valence-corrected chi connectivity index (χ2v) is 11.3. The Morgan fingerprint density at radius 2 is 1.92 bits per heavy atom. The van der Waals surface area contributed by atoms with Crippen LogP contribution in [0.1, 0.15) is 68.3 Å². The average molecular weight is 539 g/mol. The van der Waals surface area contributed by atoms with Crippen molar-refractivity contribution in [3.63, 3.8) is 0 Å². The van der Waals surface area contributed by atoms with E-state index < -0.39 is 18.1 Å². The highest BCUT2D eigenvalue weighted by Crippen LogP contribution is 2.46. The Morgan fingerprint density at radius 3 is 2.64 bits per heavy atom. The van der Waals surface area contributed by atoms with Gasteiger partial charge in [-0.3, -0.25) is 14.4 Å². The van der Waals surface area contributed by atoms with Gasteiger partial charge in [-0.2, -0.15) is 0 Å². The Bertz CT molecular complexity index is 1250. The van der Waals surface area contributed by atoms with Crippen molar-refractivity contribution in [1.82, 2.24) is 20.5 Å². The van der Waals surface area contributed by atoms with E-state index in [1.54, 1.807) is 18.1 Å². The third-order valence-corrected chi connectivity index (χ3v) is 8.77. The molecule has 39 heavy (non-hydrogen) atoms. The van der Waals surface area contributed by atoms with Crippen LogP contribution in [0.3, 0.4) is 0 Å². The summed E-state index contributed by atoms with van der Waals surface area (Å²) >= 11 is 0. The summed E-state index contributed by atoms with van der Waals surface area (Å²) in [4.78, 5) is 57.6. The summed E-state index contributed by atoms with van der Waals surface area (Å²) in [5, 5.41) is 6.54. The highest BCUT2D eigenvalue weighted by atomic mass is 16.5. The molecule has 3 atom stereocenters. The predicted octanol–water partition coefficient (Wildman–Crippen LogP) is 2.92. The van der Waals surface area contributed by atoms with E-state index in [-0.39, 0.29) is 35.5 Å². The van der Waals surface area contributed by atoms with Gasteiger partial charge >= 0.3 is 5.97 Å². The van der Waals surface area contributed by atoms with Gasteiger partial charge in [-0.15, -0.1) is 0 Å². The zero-order valence-corrected chi connectivity index (χ0v) is 22.7. The van der Waals surface area contributed by atoms with Gasteiger partial charge in [0.15, 0.2) is 0 Å². The minimum absolute atomic E-state index is 0.112. The van der Waals surface area contributed by atoms with Gasteiger partial charge in [-0.25, -0.2) is 4.79 Å². The van der Waals surface area contributed by atoms with Gasteiger partial charge in [-0.05, 0) is 68.2 Å². The number of fused-ring (bicyclic) bond motifs is 1. The minimum Gasteiger partial charge on any atom is -0.497 e. The molecule has 1 saturated carbocycles. The molecule has 2 saturated heterocycles. The van der Waals surface area contributed by atoms with Crippen LogP contribution in [0, 0.1) is 11.3 Å². The van der Waals surface area contributed by atoms with Gasteiger partial charge in [0.05, 0.1) is 14.2 Å². The zero-order chi connectivity index (χ0) is 27.6. The second kappa shape index (κ2) is 11.3. The van der Waals surface area contributed by atoms with Gasteiger partial charge in [-0.1, -0.05) is 19.3 Å². The maximum atomic E-state index is 13.9. The number of carbonyl (C=O) groups is 4. The summed E-state index contributed by atoms with van der Waals surface area (Å²) in [6, 6.07) is 5.67. The second-order valence-electron chi connectivity index (χ2n) is 11.3. The maximum Gasteiger partial charge on any atom is 0.328 e. The Labute approximate surface area is 228 Å². The standard InChI is InChI=1S/C29H38N4O6/c1-38-20-8-9-21-19(13-20)15-22(31-21)27(36)33-17-29(10-4-3-5-11-29)16-24(33)26(35)32-23(28(37)39-2)14-18-7-6-12-30-25(18)34/h8-9,13,15,18,23-24,31H,3-7,10-12,14,16-17H2,1-2H3,(H,30,34)(H,32,35)/t18-,23?,24-/m0/s1. The summed E-state index contributed by atoms with van der Waals surface area (Å²) in [5.74, 6) is -1.00. The number of piperidine rings is 1. The molecule has 3 fully saturated rings. The number of rotatable bonds is 7. The van der Waals surface area contributed by atoms with Crippen molar-refractivity contribution in [2.24, 2.45) is 11.3 Å². The minimum atomic E-state index is -0.961. The fourth-order valence-electron chi connectivity index (χ4n) is 6.64. The summed E-state index contributed by atoms with van der Waals surface area (Å²) in [6.45, 7) is 1.11. The van der Waals surface area contributed by atoms with Crippen LogP contribution in [-0.4, -0.2) is 73.0 Å². The number of aromatic nitrogens is 1. The lowest BCUT2D eigenvalue weighted by Gasteiger charge is -2.32. The number of ether oxygens (including phenoxy) is 2. The number of hydrogen-bond donors (Lipinski definition) is 3. The topological polar surface area (TPSA) is 130 Å². The smallest absolute Gasteiger partial charge is 0.328 e. The number of amides is 3. The first-order valence-electron chi connectivity index (χ1n) is 14.0. The van der Waals surface area contributed by atoms with E-state index in [0.717, 1.165) is 49.4 Å². The number of likely N-dealkylation sites (tertiary alicyclic amines) is 1. The molecule has 3 N–H and O–H groups in total. The molecule has 3 amide bonds. The zero-order valence-electron chi connectivity index (χ0n) is 22.7. The lowest BCUT2D eigenvalue weighted by molar-refractivity contribution is -0.146. The molecule has 1 unspecified atom stereocenters. The van der Waals surface area contributed by atoms with Crippen LogP contribution in [0.5, 0.6) is 5.75 Å². The van der Waals surface area contributed by atoms with Gasteiger partial charge in [0, 0.05) is 29.9 Å². The van der Waals surface area contributed by atoms with Crippen LogP contribution in [0.4, 0.5) is 0 Å². The summed E-state index contributed by atoms with van der Waals surface area (Å²) in [6.07, 6.45) is 7.43. The van der Waals surface area contributed by atoms with E-state index in [2.05, 4.69) is 15.6 Å². The van der Waals surface area contributed by atoms with E-state index in [4.69, 9.17) is 9.47 Å². The summed E-state index contributed by atoms with van der Waals surface area (Å²) in [5.41, 5.74) is 1.10. The van der Waals surface area contributed by atoms with Crippen molar-refractivity contribution < 1.29 is 28.7 Å². The molecular weight excluding hydrogens is 500 g/mol. The van der Waals surface area contributed by atoms with Crippen LogP contribution in [0.25, 0.3) is 10.9 Å². The summed E-state index contributed by atoms with van der Waals surface area (Å²) < 4.78 is 10.3.